The fourth-order valence-electron chi connectivity index (χ4n) is 2.17. The molecule has 0 unspecified atom stereocenters. The van der Waals surface area contributed by atoms with Crippen molar-refractivity contribution in [2.24, 2.45) is 0 Å². The summed E-state index contributed by atoms with van der Waals surface area (Å²) in [6.07, 6.45) is 0. The first-order valence-electron chi connectivity index (χ1n) is 7.42. The van der Waals surface area contributed by atoms with Gasteiger partial charge in [0, 0.05) is 14.1 Å². The minimum Gasteiger partial charge on any atom is -0.452 e. The van der Waals surface area contributed by atoms with Gasteiger partial charge in [-0.15, -0.1) is 0 Å². The summed E-state index contributed by atoms with van der Waals surface area (Å²) < 4.78 is 35.7. The van der Waals surface area contributed by atoms with Gasteiger partial charge in [-0.05, 0) is 36.4 Å². The monoisotopic (exact) mass is 360 g/mol. The molecule has 0 saturated heterocycles. The topological polar surface area (TPSA) is 89.7 Å². The lowest BCUT2D eigenvalue weighted by Crippen LogP contribution is -2.22. The lowest BCUT2D eigenvalue weighted by atomic mass is 10.2. The Morgan fingerprint density at radius 3 is 2.44 bits per heavy atom. The molecular formula is C17H16N2O5S. The summed E-state index contributed by atoms with van der Waals surface area (Å²) in [4.78, 5) is 16.4. The maximum absolute atomic E-state index is 12.1. The lowest BCUT2D eigenvalue weighted by Gasteiger charge is -2.11. The number of esters is 1. The molecule has 0 aliphatic rings. The number of oxazole rings is 1. The summed E-state index contributed by atoms with van der Waals surface area (Å²) in [6, 6.07) is 12.8. The van der Waals surface area contributed by atoms with E-state index in [9.17, 15) is 13.2 Å². The Morgan fingerprint density at radius 1 is 1.12 bits per heavy atom. The second kappa shape index (κ2) is 6.66. The van der Waals surface area contributed by atoms with E-state index in [4.69, 9.17) is 9.15 Å². The van der Waals surface area contributed by atoms with E-state index >= 15 is 0 Å². The summed E-state index contributed by atoms with van der Waals surface area (Å²) in [5.41, 5.74) is 1.55. The standard InChI is InChI=1S/C17H16N2O5S/c1-19(2)25(21,22)13-9-7-12(8-10-13)17(20)23-11-16-18-14-5-3-4-6-15(14)24-16/h3-10H,11H2,1-2H3. The van der Waals surface area contributed by atoms with E-state index in [2.05, 4.69) is 4.98 Å². The van der Waals surface area contributed by atoms with Crippen LogP contribution >= 0.6 is 0 Å². The Hall–Kier alpha value is -2.71. The molecule has 3 rings (SSSR count). The number of sulfonamides is 1. The van der Waals surface area contributed by atoms with Crippen LogP contribution in [-0.2, 0) is 21.4 Å². The van der Waals surface area contributed by atoms with Crippen molar-refractivity contribution in [3.05, 3.63) is 60.0 Å². The Kier molecular flexibility index (Phi) is 4.56. The smallest absolute Gasteiger partial charge is 0.338 e. The maximum Gasteiger partial charge on any atom is 0.338 e. The number of ether oxygens (including phenoxy) is 1. The number of nitrogens with zero attached hydrogens (tertiary/aromatic N) is 2. The van der Waals surface area contributed by atoms with Crippen molar-refractivity contribution in [3.63, 3.8) is 0 Å². The van der Waals surface area contributed by atoms with Crippen LogP contribution < -0.4 is 0 Å². The van der Waals surface area contributed by atoms with Gasteiger partial charge in [0.1, 0.15) is 5.52 Å². The highest BCUT2D eigenvalue weighted by molar-refractivity contribution is 7.89. The van der Waals surface area contributed by atoms with Crippen molar-refractivity contribution in [3.8, 4) is 0 Å². The minimum atomic E-state index is -3.53. The van der Waals surface area contributed by atoms with E-state index in [-0.39, 0.29) is 17.1 Å². The first-order valence-corrected chi connectivity index (χ1v) is 8.86. The summed E-state index contributed by atoms with van der Waals surface area (Å²) in [5.74, 6) is -0.294. The Bertz CT molecular complexity index is 974. The van der Waals surface area contributed by atoms with Crippen molar-refractivity contribution in [2.75, 3.05) is 14.1 Å². The molecule has 2 aromatic carbocycles. The molecule has 0 amide bonds. The second-order valence-electron chi connectivity index (χ2n) is 5.46. The van der Waals surface area contributed by atoms with Crippen molar-refractivity contribution < 1.29 is 22.4 Å². The highest BCUT2D eigenvalue weighted by Gasteiger charge is 2.18. The molecule has 0 aliphatic heterocycles. The predicted molar refractivity (Wildman–Crippen MR) is 90.4 cm³/mol. The van der Waals surface area contributed by atoms with Gasteiger partial charge >= 0.3 is 5.97 Å². The van der Waals surface area contributed by atoms with Crippen LogP contribution in [0.5, 0.6) is 0 Å². The first kappa shape index (κ1) is 17.1. The third-order valence-corrected chi connectivity index (χ3v) is 5.36. The number of rotatable bonds is 5. The molecule has 3 aromatic rings. The molecule has 130 valence electrons. The van der Waals surface area contributed by atoms with Crippen LogP contribution in [0.1, 0.15) is 16.2 Å². The Morgan fingerprint density at radius 2 is 1.80 bits per heavy atom. The third-order valence-electron chi connectivity index (χ3n) is 3.53. The van der Waals surface area contributed by atoms with Crippen LogP contribution in [-0.4, -0.2) is 37.8 Å². The average Bonchev–Trinajstić information content (AvgIpc) is 3.02. The zero-order valence-corrected chi connectivity index (χ0v) is 14.5. The molecule has 1 aromatic heterocycles. The number of hydrogen-bond donors (Lipinski definition) is 0. The molecule has 1 heterocycles. The molecule has 0 bridgehead atoms. The van der Waals surface area contributed by atoms with Gasteiger partial charge in [-0.2, -0.15) is 0 Å². The molecule has 0 atom stereocenters. The zero-order valence-electron chi connectivity index (χ0n) is 13.7. The summed E-state index contributed by atoms with van der Waals surface area (Å²) in [6.45, 7) is -0.106. The molecule has 0 fully saturated rings. The number of hydrogen-bond acceptors (Lipinski definition) is 6. The number of fused-ring (bicyclic) bond motifs is 1. The second-order valence-corrected chi connectivity index (χ2v) is 7.62. The van der Waals surface area contributed by atoms with Gasteiger partial charge in [0.15, 0.2) is 12.2 Å². The van der Waals surface area contributed by atoms with Crippen LogP contribution in [0, 0.1) is 0 Å². The normalized spacial score (nSPS) is 11.8. The van der Waals surface area contributed by atoms with Crippen LogP contribution in [0.3, 0.4) is 0 Å². The number of aromatic nitrogens is 1. The molecule has 0 aliphatic carbocycles. The van der Waals surface area contributed by atoms with E-state index in [0.29, 0.717) is 17.0 Å². The van der Waals surface area contributed by atoms with E-state index in [1.807, 2.05) is 12.1 Å². The summed E-state index contributed by atoms with van der Waals surface area (Å²) in [5, 5.41) is 0. The highest BCUT2D eigenvalue weighted by atomic mass is 32.2. The number of benzene rings is 2. The number of carbonyl (C=O) groups excluding carboxylic acids is 1. The van der Waals surface area contributed by atoms with E-state index < -0.39 is 16.0 Å². The minimum absolute atomic E-state index is 0.105. The lowest BCUT2D eigenvalue weighted by molar-refractivity contribution is 0.0440. The fraction of sp³-hybridized carbons (Fsp3) is 0.176. The quantitative estimate of drug-likeness (QED) is 0.649. The highest BCUT2D eigenvalue weighted by Crippen LogP contribution is 2.17. The SMILES string of the molecule is CN(C)S(=O)(=O)c1ccc(C(=O)OCc2nc3ccccc3o2)cc1. The van der Waals surface area contributed by atoms with Crippen LogP contribution in [0.4, 0.5) is 0 Å². The van der Waals surface area contributed by atoms with Gasteiger partial charge in [0.25, 0.3) is 0 Å². The molecule has 0 spiro atoms. The molecule has 25 heavy (non-hydrogen) atoms. The van der Waals surface area contributed by atoms with Crippen LogP contribution in [0.15, 0.2) is 57.8 Å². The fourth-order valence-corrected chi connectivity index (χ4v) is 3.07. The van der Waals surface area contributed by atoms with Gasteiger partial charge in [-0.3, -0.25) is 0 Å². The maximum atomic E-state index is 12.1. The molecule has 0 N–H and O–H groups in total. The number of para-hydroxylation sites is 2. The van der Waals surface area contributed by atoms with Gasteiger partial charge in [-0.25, -0.2) is 22.5 Å². The predicted octanol–water partition coefficient (Wildman–Crippen LogP) is 2.44. The van der Waals surface area contributed by atoms with Crippen molar-refractivity contribution in [1.29, 1.82) is 0 Å². The summed E-state index contributed by atoms with van der Waals surface area (Å²) in [7, 11) is -0.649. The van der Waals surface area contributed by atoms with Crippen molar-refractivity contribution in [2.45, 2.75) is 11.5 Å². The van der Waals surface area contributed by atoms with Crippen molar-refractivity contribution in [1.82, 2.24) is 9.29 Å². The van der Waals surface area contributed by atoms with E-state index in [1.165, 1.54) is 38.4 Å². The molecule has 0 saturated carbocycles. The van der Waals surface area contributed by atoms with E-state index in [1.54, 1.807) is 12.1 Å². The first-order chi connectivity index (χ1) is 11.9. The largest absolute Gasteiger partial charge is 0.452 e. The van der Waals surface area contributed by atoms with Gasteiger partial charge in [0.05, 0.1) is 10.5 Å². The Balaban J connectivity index is 1.69. The molecule has 0 radical (unpaired) electrons. The molecule has 7 nitrogen and oxygen atoms in total. The number of carbonyl (C=O) groups is 1. The third kappa shape index (κ3) is 3.54. The van der Waals surface area contributed by atoms with Gasteiger partial charge in [-0.1, -0.05) is 12.1 Å². The van der Waals surface area contributed by atoms with Gasteiger partial charge < -0.3 is 9.15 Å². The summed E-state index contributed by atoms with van der Waals surface area (Å²) >= 11 is 0. The van der Waals surface area contributed by atoms with Crippen LogP contribution in [0.25, 0.3) is 11.1 Å². The van der Waals surface area contributed by atoms with Crippen LogP contribution in [0.2, 0.25) is 0 Å². The average molecular weight is 360 g/mol. The van der Waals surface area contributed by atoms with Gasteiger partial charge in [0.2, 0.25) is 15.9 Å². The van der Waals surface area contributed by atoms with Crippen molar-refractivity contribution >= 4 is 27.1 Å². The molecular weight excluding hydrogens is 344 g/mol. The molecule has 8 heteroatoms. The van der Waals surface area contributed by atoms with E-state index in [0.717, 1.165) is 4.31 Å². The Labute approximate surface area is 144 Å². The zero-order chi connectivity index (χ0) is 18.0.